The number of carbonyl (C=O) groups is 1. The number of carbonyl (C=O) groups excluding carboxylic acids is 1. The molecule has 0 amide bonds. The molecule has 2 aliphatic rings. The van der Waals surface area contributed by atoms with Crippen LogP contribution in [0.5, 0.6) is 0 Å². The van der Waals surface area contributed by atoms with Gasteiger partial charge in [-0.1, -0.05) is 25.8 Å². The van der Waals surface area contributed by atoms with Crippen molar-refractivity contribution in [3.05, 3.63) is 29.6 Å². The van der Waals surface area contributed by atoms with Crippen molar-refractivity contribution in [1.29, 1.82) is 0 Å². The third-order valence-electron chi connectivity index (χ3n) is 4.68. The van der Waals surface area contributed by atoms with E-state index < -0.39 is 0 Å². The van der Waals surface area contributed by atoms with E-state index in [1.54, 1.807) is 0 Å². The van der Waals surface area contributed by atoms with Crippen LogP contribution in [-0.2, 0) is 17.6 Å². The molecule has 96 valence electrons. The van der Waals surface area contributed by atoms with Gasteiger partial charge in [-0.3, -0.25) is 9.78 Å². The van der Waals surface area contributed by atoms with Crippen LogP contribution in [-0.4, -0.2) is 10.8 Å². The lowest BCUT2D eigenvalue weighted by Crippen LogP contribution is -2.08. The average molecular weight is 243 g/mol. The molecule has 0 aromatic carbocycles. The second kappa shape index (κ2) is 4.83. The lowest BCUT2D eigenvalue weighted by molar-refractivity contribution is -0.120. The largest absolute Gasteiger partial charge is 0.299 e. The normalized spacial score (nSPS) is 29.7. The quantitative estimate of drug-likeness (QED) is 0.813. The maximum Gasteiger partial charge on any atom is 0.142 e. The van der Waals surface area contributed by atoms with Crippen molar-refractivity contribution in [1.82, 2.24) is 4.98 Å². The van der Waals surface area contributed by atoms with Gasteiger partial charge in [0, 0.05) is 24.2 Å². The summed E-state index contributed by atoms with van der Waals surface area (Å²) in [5.74, 6) is 2.26. The monoisotopic (exact) mass is 243 g/mol. The summed E-state index contributed by atoms with van der Waals surface area (Å²) in [7, 11) is 0. The highest BCUT2D eigenvalue weighted by molar-refractivity contribution is 5.86. The molecule has 2 nitrogen and oxygen atoms in total. The molecule has 18 heavy (non-hydrogen) atoms. The minimum Gasteiger partial charge on any atom is -0.299 e. The van der Waals surface area contributed by atoms with E-state index in [-0.39, 0.29) is 0 Å². The highest BCUT2D eigenvalue weighted by atomic mass is 16.1. The Labute approximate surface area is 109 Å². The topological polar surface area (TPSA) is 30.0 Å². The first-order valence-corrected chi connectivity index (χ1v) is 7.26. The molecule has 1 aromatic heterocycles. The molecule has 2 heteroatoms. The Morgan fingerprint density at radius 1 is 1.28 bits per heavy atom. The van der Waals surface area contributed by atoms with Crippen LogP contribution in [0.4, 0.5) is 0 Å². The fraction of sp³-hybridized carbons (Fsp3) is 0.625. The van der Waals surface area contributed by atoms with Gasteiger partial charge in [0.25, 0.3) is 0 Å². The first-order valence-electron chi connectivity index (χ1n) is 7.26. The highest BCUT2D eigenvalue weighted by Gasteiger charge is 2.53. The zero-order valence-corrected chi connectivity index (χ0v) is 11.1. The van der Waals surface area contributed by atoms with Crippen LogP contribution in [0, 0.1) is 17.8 Å². The van der Waals surface area contributed by atoms with Crippen molar-refractivity contribution < 1.29 is 4.79 Å². The molecule has 0 N–H and O–H groups in total. The summed E-state index contributed by atoms with van der Waals surface area (Å²) in [6.45, 7) is 2.12. The van der Waals surface area contributed by atoms with E-state index in [2.05, 4.69) is 18.0 Å². The van der Waals surface area contributed by atoms with Gasteiger partial charge in [-0.25, -0.2) is 0 Å². The number of fused-ring (bicyclic) bond motifs is 1. The number of aryl methyl sites for hydroxylation is 1. The summed E-state index contributed by atoms with van der Waals surface area (Å²) in [5.41, 5.74) is 2.19. The van der Waals surface area contributed by atoms with Gasteiger partial charge in [-0.15, -0.1) is 0 Å². The fourth-order valence-corrected chi connectivity index (χ4v) is 3.54. The SMILES string of the molecule is CCc1ccc(CC(=O)C2C3CCCCC32)nc1. The summed E-state index contributed by atoms with van der Waals surface area (Å²) in [6.07, 6.45) is 8.67. The zero-order chi connectivity index (χ0) is 12.5. The Balaban J connectivity index is 1.60. The molecular formula is C16H21NO. The molecule has 2 unspecified atom stereocenters. The lowest BCUT2D eigenvalue weighted by atomic mass is 10.0. The average Bonchev–Trinajstić information content (AvgIpc) is 3.14. The Morgan fingerprint density at radius 3 is 2.56 bits per heavy atom. The predicted octanol–water partition coefficient (Wildman–Crippen LogP) is 3.19. The van der Waals surface area contributed by atoms with Crippen LogP contribution in [0.15, 0.2) is 18.3 Å². The lowest BCUT2D eigenvalue weighted by Gasteiger charge is -2.04. The molecule has 0 radical (unpaired) electrons. The zero-order valence-electron chi connectivity index (χ0n) is 11.1. The molecule has 0 spiro atoms. The van der Waals surface area contributed by atoms with Crippen molar-refractivity contribution in [2.24, 2.45) is 17.8 Å². The number of nitrogens with zero attached hydrogens (tertiary/aromatic N) is 1. The van der Waals surface area contributed by atoms with Crippen molar-refractivity contribution >= 4 is 5.78 Å². The summed E-state index contributed by atoms with van der Waals surface area (Å²) < 4.78 is 0. The van der Waals surface area contributed by atoms with Crippen LogP contribution in [0.2, 0.25) is 0 Å². The maximum absolute atomic E-state index is 12.3. The van der Waals surface area contributed by atoms with Gasteiger partial charge in [0.05, 0.1) is 0 Å². The Bertz CT molecular complexity index is 425. The molecule has 2 aliphatic carbocycles. The number of pyridine rings is 1. The molecule has 2 atom stereocenters. The molecule has 1 aromatic rings. The third-order valence-corrected chi connectivity index (χ3v) is 4.68. The minimum absolute atomic E-state index is 0.375. The summed E-state index contributed by atoms with van der Waals surface area (Å²) >= 11 is 0. The van der Waals surface area contributed by atoms with Gasteiger partial charge in [0.15, 0.2) is 0 Å². The van der Waals surface area contributed by atoms with Crippen molar-refractivity contribution in [2.45, 2.75) is 45.4 Å². The number of ketones is 1. The van der Waals surface area contributed by atoms with Gasteiger partial charge >= 0.3 is 0 Å². The van der Waals surface area contributed by atoms with Crippen LogP contribution < -0.4 is 0 Å². The molecule has 1 heterocycles. The molecule has 3 rings (SSSR count). The summed E-state index contributed by atoms with van der Waals surface area (Å²) in [6, 6.07) is 4.11. The molecule has 0 saturated heterocycles. The van der Waals surface area contributed by atoms with E-state index in [9.17, 15) is 4.79 Å². The summed E-state index contributed by atoms with van der Waals surface area (Å²) in [4.78, 5) is 16.7. The Morgan fingerprint density at radius 2 is 2.00 bits per heavy atom. The molecule has 0 bridgehead atoms. The van der Waals surface area contributed by atoms with Gasteiger partial charge in [-0.2, -0.15) is 0 Å². The number of hydrogen-bond acceptors (Lipinski definition) is 2. The molecule has 0 aliphatic heterocycles. The number of aromatic nitrogens is 1. The van der Waals surface area contributed by atoms with Crippen molar-refractivity contribution in [3.8, 4) is 0 Å². The first-order chi connectivity index (χ1) is 8.79. The van der Waals surface area contributed by atoms with Gasteiger partial charge in [0.1, 0.15) is 5.78 Å². The second-order valence-electron chi connectivity index (χ2n) is 5.79. The van der Waals surface area contributed by atoms with Crippen LogP contribution in [0.1, 0.15) is 43.9 Å². The predicted molar refractivity (Wildman–Crippen MR) is 71.3 cm³/mol. The molecule has 2 fully saturated rings. The standard InChI is InChI=1S/C16H21NO/c1-2-11-7-8-12(17-10-11)9-15(18)16-13-5-3-4-6-14(13)16/h7-8,10,13-14,16H,2-6,9H2,1H3. The first kappa shape index (κ1) is 11.9. The maximum atomic E-state index is 12.3. The third kappa shape index (κ3) is 2.21. The molecule has 2 saturated carbocycles. The van der Waals surface area contributed by atoms with E-state index in [4.69, 9.17) is 0 Å². The van der Waals surface area contributed by atoms with Crippen molar-refractivity contribution in [2.75, 3.05) is 0 Å². The van der Waals surface area contributed by atoms with Gasteiger partial charge < -0.3 is 0 Å². The van der Waals surface area contributed by atoms with Crippen LogP contribution in [0.3, 0.4) is 0 Å². The van der Waals surface area contributed by atoms with E-state index in [1.165, 1.54) is 31.2 Å². The smallest absolute Gasteiger partial charge is 0.142 e. The number of hydrogen-bond donors (Lipinski definition) is 0. The molecular weight excluding hydrogens is 222 g/mol. The second-order valence-corrected chi connectivity index (χ2v) is 5.79. The minimum atomic E-state index is 0.375. The Hall–Kier alpha value is -1.18. The van der Waals surface area contributed by atoms with E-state index in [0.29, 0.717) is 18.1 Å². The highest BCUT2D eigenvalue weighted by Crippen LogP contribution is 2.55. The fourth-order valence-electron chi connectivity index (χ4n) is 3.54. The summed E-state index contributed by atoms with van der Waals surface area (Å²) in [5, 5.41) is 0. The van der Waals surface area contributed by atoms with Crippen LogP contribution >= 0.6 is 0 Å². The van der Waals surface area contributed by atoms with Gasteiger partial charge in [-0.05, 0) is 42.7 Å². The number of Topliss-reactive ketones (excluding diaryl/α,β-unsaturated/α-hetero) is 1. The van der Waals surface area contributed by atoms with E-state index >= 15 is 0 Å². The van der Waals surface area contributed by atoms with Gasteiger partial charge in [0.2, 0.25) is 0 Å². The number of rotatable bonds is 4. The van der Waals surface area contributed by atoms with E-state index in [1.807, 2.05) is 12.3 Å². The van der Waals surface area contributed by atoms with Crippen molar-refractivity contribution in [3.63, 3.8) is 0 Å². The van der Waals surface area contributed by atoms with Crippen LogP contribution in [0.25, 0.3) is 0 Å². The van der Waals surface area contributed by atoms with E-state index in [0.717, 1.165) is 24.0 Å². The Kier molecular flexibility index (Phi) is 3.19.